The van der Waals surface area contributed by atoms with Crippen LogP contribution in [0.5, 0.6) is 0 Å². The molecule has 0 unspecified atom stereocenters. The zero-order chi connectivity index (χ0) is 18.9. The van der Waals surface area contributed by atoms with E-state index in [4.69, 9.17) is 4.74 Å². The Kier molecular flexibility index (Phi) is 6.30. The number of nitrogens with zero attached hydrogens (tertiary/aromatic N) is 2. The standard InChI is InChI=1S/C22H20N2O3/c25-21(17-27-22(26)20-13-7-8-14-23-20)24(15-18-9-3-1-4-10-18)16-19-11-5-2-6-12-19/h1-14H,15-17H2. The second-order valence-electron chi connectivity index (χ2n) is 6.01. The van der Waals surface area contributed by atoms with Gasteiger partial charge >= 0.3 is 5.97 Å². The lowest BCUT2D eigenvalue weighted by Crippen LogP contribution is -2.34. The molecule has 0 N–H and O–H groups in total. The summed E-state index contributed by atoms with van der Waals surface area (Å²) < 4.78 is 5.15. The largest absolute Gasteiger partial charge is 0.451 e. The predicted molar refractivity (Wildman–Crippen MR) is 102 cm³/mol. The van der Waals surface area contributed by atoms with E-state index < -0.39 is 5.97 Å². The lowest BCUT2D eigenvalue weighted by Gasteiger charge is -2.23. The van der Waals surface area contributed by atoms with E-state index >= 15 is 0 Å². The van der Waals surface area contributed by atoms with Gasteiger partial charge in [0.15, 0.2) is 6.61 Å². The molecule has 5 nitrogen and oxygen atoms in total. The van der Waals surface area contributed by atoms with Gasteiger partial charge in [-0.3, -0.25) is 4.79 Å². The Balaban J connectivity index is 1.67. The zero-order valence-corrected chi connectivity index (χ0v) is 14.8. The van der Waals surface area contributed by atoms with Crippen LogP contribution in [0, 0.1) is 0 Å². The number of benzene rings is 2. The second kappa shape index (κ2) is 9.29. The van der Waals surface area contributed by atoms with Gasteiger partial charge in [0.25, 0.3) is 5.91 Å². The van der Waals surface area contributed by atoms with Crippen LogP contribution in [-0.4, -0.2) is 28.4 Å². The molecule has 0 aliphatic carbocycles. The fourth-order valence-electron chi connectivity index (χ4n) is 2.62. The molecular weight excluding hydrogens is 340 g/mol. The third-order valence-corrected chi connectivity index (χ3v) is 3.99. The third kappa shape index (κ3) is 5.51. The lowest BCUT2D eigenvalue weighted by molar-refractivity contribution is -0.135. The van der Waals surface area contributed by atoms with Crippen molar-refractivity contribution in [1.82, 2.24) is 9.88 Å². The molecule has 0 atom stereocenters. The van der Waals surface area contributed by atoms with Crippen LogP contribution in [0.1, 0.15) is 21.6 Å². The summed E-state index contributed by atoms with van der Waals surface area (Å²) in [7, 11) is 0. The van der Waals surface area contributed by atoms with E-state index in [2.05, 4.69) is 4.98 Å². The molecule has 1 aromatic heterocycles. The molecule has 0 bridgehead atoms. The molecule has 0 aliphatic heterocycles. The van der Waals surface area contributed by atoms with Crippen molar-refractivity contribution in [2.45, 2.75) is 13.1 Å². The van der Waals surface area contributed by atoms with Crippen molar-refractivity contribution in [3.8, 4) is 0 Å². The monoisotopic (exact) mass is 360 g/mol. The first-order valence-corrected chi connectivity index (χ1v) is 8.66. The topological polar surface area (TPSA) is 59.5 Å². The van der Waals surface area contributed by atoms with E-state index in [0.717, 1.165) is 11.1 Å². The molecule has 0 spiro atoms. The van der Waals surface area contributed by atoms with Crippen LogP contribution in [0.25, 0.3) is 0 Å². The summed E-state index contributed by atoms with van der Waals surface area (Å²) in [5.74, 6) is -0.865. The summed E-state index contributed by atoms with van der Waals surface area (Å²) in [6.45, 7) is 0.556. The number of amides is 1. The third-order valence-electron chi connectivity index (χ3n) is 3.99. The summed E-state index contributed by atoms with van der Waals surface area (Å²) in [5.41, 5.74) is 2.21. The minimum Gasteiger partial charge on any atom is -0.451 e. The van der Waals surface area contributed by atoms with Crippen molar-refractivity contribution in [3.63, 3.8) is 0 Å². The maximum Gasteiger partial charge on any atom is 0.357 e. The first-order chi connectivity index (χ1) is 13.2. The molecule has 1 amide bonds. The maximum absolute atomic E-state index is 12.7. The van der Waals surface area contributed by atoms with E-state index in [1.54, 1.807) is 23.1 Å². The Morgan fingerprint density at radius 3 is 1.85 bits per heavy atom. The van der Waals surface area contributed by atoms with Crippen molar-refractivity contribution < 1.29 is 14.3 Å². The van der Waals surface area contributed by atoms with Crippen molar-refractivity contribution in [3.05, 3.63) is 102 Å². The van der Waals surface area contributed by atoms with Crippen LogP contribution in [0.3, 0.4) is 0 Å². The van der Waals surface area contributed by atoms with E-state index in [9.17, 15) is 9.59 Å². The smallest absolute Gasteiger partial charge is 0.357 e. The second-order valence-corrected chi connectivity index (χ2v) is 6.01. The number of hydrogen-bond donors (Lipinski definition) is 0. The molecule has 2 aromatic carbocycles. The Bertz CT molecular complexity index is 826. The molecule has 1 heterocycles. The molecule has 3 aromatic rings. The molecule has 0 radical (unpaired) electrons. The van der Waals surface area contributed by atoms with Crippen molar-refractivity contribution in [2.24, 2.45) is 0 Å². The molecule has 27 heavy (non-hydrogen) atoms. The summed E-state index contributed by atoms with van der Waals surface area (Å²) in [6.07, 6.45) is 1.51. The Morgan fingerprint density at radius 1 is 0.778 bits per heavy atom. The highest BCUT2D eigenvalue weighted by molar-refractivity contribution is 5.89. The van der Waals surface area contributed by atoms with Gasteiger partial charge in [0.2, 0.25) is 0 Å². The quantitative estimate of drug-likeness (QED) is 0.606. The first kappa shape index (κ1) is 18.3. The average molecular weight is 360 g/mol. The summed E-state index contributed by atoms with van der Waals surface area (Å²) >= 11 is 0. The van der Waals surface area contributed by atoms with Gasteiger partial charge in [-0.2, -0.15) is 0 Å². The van der Waals surface area contributed by atoms with Gasteiger partial charge in [-0.25, -0.2) is 9.78 Å². The van der Waals surface area contributed by atoms with Crippen LogP contribution in [0.4, 0.5) is 0 Å². The normalized spacial score (nSPS) is 10.2. The summed E-state index contributed by atoms with van der Waals surface area (Å²) in [5, 5.41) is 0. The summed E-state index contributed by atoms with van der Waals surface area (Å²) in [4.78, 5) is 30.4. The van der Waals surface area contributed by atoms with E-state index in [1.807, 2.05) is 60.7 Å². The molecule has 0 saturated carbocycles. The van der Waals surface area contributed by atoms with Crippen molar-refractivity contribution >= 4 is 11.9 Å². The highest BCUT2D eigenvalue weighted by Gasteiger charge is 2.18. The Morgan fingerprint density at radius 2 is 1.33 bits per heavy atom. The van der Waals surface area contributed by atoms with Gasteiger partial charge in [-0.1, -0.05) is 66.7 Å². The molecule has 0 aliphatic rings. The fourth-order valence-corrected chi connectivity index (χ4v) is 2.62. The minimum atomic E-state index is -0.608. The van der Waals surface area contributed by atoms with Crippen LogP contribution < -0.4 is 0 Å². The SMILES string of the molecule is O=C(OCC(=O)N(Cc1ccccc1)Cc1ccccc1)c1ccccn1. The van der Waals surface area contributed by atoms with Gasteiger partial charge in [-0.05, 0) is 23.3 Å². The minimum absolute atomic E-state index is 0.183. The van der Waals surface area contributed by atoms with Crippen LogP contribution >= 0.6 is 0 Å². The molecule has 0 fully saturated rings. The molecule has 136 valence electrons. The average Bonchev–Trinajstić information content (AvgIpc) is 2.73. The summed E-state index contributed by atoms with van der Waals surface area (Å²) in [6, 6.07) is 24.4. The number of rotatable bonds is 7. The van der Waals surface area contributed by atoms with E-state index in [1.165, 1.54) is 6.20 Å². The van der Waals surface area contributed by atoms with Gasteiger partial charge in [0.05, 0.1) is 0 Å². The number of esters is 1. The zero-order valence-electron chi connectivity index (χ0n) is 14.8. The highest BCUT2D eigenvalue weighted by Crippen LogP contribution is 2.11. The molecule has 3 rings (SSSR count). The molecule has 5 heteroatoms. The van der Waals surface area contributed by atoms with Crippen molar-refractivity contribution in [1.29, 1.82) is 0 Å². The maximum atomic E-state index is 12.7. The van der Waals surface area contributed by atoms with Gasteiger partial charge < -0.3 is 9.64 Å². The van der Waals surface area contributed by atoms with Gasteiger partial charge in [0.1, 0.15) is 5.69 Å². The van der Waals surface area contributed by atoms with Crippen LogP contribution in [0.15, 0.2) is 85.1 Å². The van der Waals surface area contributed by atoms with Crippen LogP contribution in [-0.2, 0) is 22.6 Å². The molecular formula is C22H20N2O3. The fraction of sp³-hybridized carbons (Fsp3) is 0.136. The number of carbonyl (C=O) groups is 2. The number of aromatic nitrogens is 1. The Labute approximate surface area is 158 Å². The highest BCUT2D eigenvalue weighted by atomic mass is 16.5. The van der Waals surface area contributed by atoms with Crippen LogP contribution in [0.2, 0.25) is 0 Å². The van der Waals surface area contributed by atoms with E-state index in [0.29, 0.717) is 13.1 Å². The number of ether oxygens (including phenoxy) is 1. The Hall–Kier alpha value is -3.47. The van der Waals surface area contributed by atoms with Crippen molar-refractivity contribution in [2.75, 3.05) is 6.61 Å². The van der Waals surface area contributed by atoms with Gasteiger partial charge in [-0.15, -0.1) is 0 Å². The number of pyridine rings is 1. The molecule has 0 saturated heterocycles. The lowest BCUT2D eigenvalue weighted by atomic mass is 10.1. The van der Waals surface area contributed by atoms with Gasteiger partial charge in [0, 0.05) is 19.3 Å². The van der Waals surface area contributed by atoms with E-state index in [-0.39, 0.29) is 18.2 Å². The number of carbonyl (C=O) groups excluding carboxylic acids is 2. The first-order valence-electron chi connectivity index (χ1n) is 8.66. The number of hydrogen-bond acceptors (Lipinski definition) is 4. The predicted octanol–water partition coefficient (Wildman–Crippen LogP) is 3.47.